The molecule has 0 spiro atoms. The van der Waals surface area contributed by atoms with E-state index in [4.69, 9.17) is 5.73 Å². The summed E-state index contributed by atoms with van der Waals surface area (Å²) in [6, 6.07) is -1.28. The van der Waals surface area contributed by atoms with Crippen LogP contribution in [0.25, 0.3) is 0 Å². The summed E-state index contributed by atoms with van der Waals surface area (Å²) < 4.78 is 0. The molecule has 5 nitrogen and oxygen atoms in total. The summed E-state index contributed by atoms with van der Waals surface area (Å²) in [6.07, 6.45) is 4.75. The second kappa shape index (κ2) is 6.37. The van der Waals surface area contributed by atoms with Crippen molar-refractivity contribution in [3.8, 4) is 0 Å². The van der Waals surface area contributed by atoms with Gasteiger partial charge in [-0.05, 0) is 37.2 Å². The lowest BCUT2D eigenvalue weighted by Crippen LogP contribution is -2.52. The Morgan fingerprint density at radius 1 is 1.53 bits per heavy atom. The molecule has 19 heavy (non-hydrogen) atoms. The summed E-state index contributed by atoms with van der Waals surface area (Å²) in [5.74, 6) is 0.660. The first-order valence-electron chi connectivity index (χ1n) is 6.47. The Morgan fingerprint density at radius 2 is 2.21 bits per heavy atom. The molecule has 2 unspecified atom stereocenters. The lowest BCUT2D eigenvalue weighted by atomic mass is 10.1. The molecule has 2 rings (SSSR count). The van der Waals surface area contributed by atoms with Crippen LogP contribution in [0.1, 0.15) is 19.3 Å². The number of aliphatic carboxylic acids is 1. The summed E-state index contributed by atoms with van der Waals surface area (Å²) in [5.41, 5.74) is 5.92. The highest BCUT2D eigenvalue weighted by atomic mass is 32.2. The van der Waals surface area contributed by atoms with Gasteiger partial charge in [-0.15, -0.1) is 11.8 Å². The number of nitrogens with zero attached hydrogens (tertiary/aromatic N) is 1. The zero-order chi connectivity index (χ0) is 14.0. The molecule has 1 saturated carbocycles. The minimum absolute atomic E-state index is 0.0222. The van der Waals surface area contributed by atoms with Crippen LogP contribution in [-0.2, 0) is 9.59 Å². The number of hydrogen-bond donors (Lipinski definition) is 2. The predicted octanol–water partition coefficient (Wildman–Crippen LogP) is 0.831. The number of hydrogen-bond acceptors (Lipinski definition) is 5. The molecule has 2 fully saturated rings. The van der Waals surface area contributed by atoms with E-state index >= 15 is 0 Å². The van der Waals surface area contributed by atoms with Crippen LogP contribution in [0.2, 0.25) is 0 Å². The Morgan fingerprint density at radius 3 is 2.74 bits per heavy atom. The molecular weight excluding hydrogens is 284 g/mol. The number of carboxylic acid groups (broad SMARTS) is 1. The van der Waals surface area contributed by atoms with Crippen LogP contribution in [-0.4, -0.2) is 57.1 Å². The lowest BCUT2D eigenvalue weighted by molar-refractivity contribution is -0.149. The van der Waals surface area contributed by atoms with Crippen LogP contribution < -0.4 is 5.73 Å². The van der Waals surface area contributed by atoms with Gasteiger partial charge in [0.05, 0.1) is 11.4 Å². The van der Waals surface area contributed by atoms with Gasteiger partial charge < -0.3 is 15.7 Å². The fourth-order valence-electron chi connectivity index (χ4n) is 2.30. The average Bonchev–Trinajstić information content (AvgIpc) is 3.13. The van der Waals surface area contributed by atoms with Gasteiger partial charge in [-0.25, -0.2) is 4.79 Å². The molecule has 1 amide bonds. The van der Waals surface area contributed by atoms with Gasteiger partial charge in [0, 0.05) is 5.75 Å². The first-order chi connectivity index (χ1) is 9.06. The molecule has 0 aromatic rings. The molecule has 1 aliphatic heterocycles. The summed E-state index contributed by atoms with van der Waals surface area (Å²) >= 11 is 3.23. The highest BCUT2D eigenvalue weighted by molar-refractivity contribution is 8.00. The van der Waals surface area contributed by atoms with Crippen molar-refractivity contribution < 1.29 is 14.7 Å². The number of thioether (sulfide) groups is 2. The lowest BCUT2D eigenvalue weighted by Gasteiger charge is -2.29. The van der Waals surface area contributed by atoms with Gasteiger partial charge in [0.15, 0.2) is 0 Å². The van der Waals surface area contributed by atoms with E-state index in [0.717, 1.165) is 18.6 Å². The number of rotatable bonds is 6. The van der Waals surface area contributed by atoms with Crippen molar-refractivity contribution in [1.29, 1.82) is 0 Å². The summed E-state index contributed by atoms with van der Waals surface area (Å²) in [7, 11) is 0. The monoisotopic (exact) mass is 304 g/mol. The van der Waals surface area contributed by atoms with Crippen molar-refractivity contribution in [3.63, 3.8) is 0 Å². The maximum absolute atomic E-state index is 12.4. The van der Waals surface area contributed by atoms with Crippen molar-refractivity contribution in [2.45, 2.75) is 36.7 Å². The minimum atomic E-state index is -0.916. The van der Waals surface area contributed by atoms with Crippen LogP contribution in [0.15, 0.2) is 0 Å². The maximum Gasteiger partial charge on any atom is 0.327 e. The Balaban J connectivity index is 2.06. The van der Waals surface area contributed by atoms with Crippen LogP contribution >= 0.6 is 23.5 Å². The zero-order valence-electron chi connectivity index (χ0n) is 10.9. The maximum atomic E-state index is 12.4. The molecule has 3 atom stereocenters. The smallest absolute Gasteiger partial charge is 0.327 e. The van der Waals surface area contributed by atoms with Gasteiger partial charge >= 0.3 is 5.97 Å². The molecule has 0 aromatic carbocycles. The Bertz CT molecular complexity index is 363. The van der Waals surface area contributed by atoms with E-state index in [1.807, 2.05) is 6.26 Å². The van der Waals surface area contributed by atoms with Crippen LogP contribution in [0.4, 0.5) is 0 Å². The Labute approximate surface area is 121 Å². The van der Waals surface area contributed by atoms with Gasteiger partial charge in [-0.1, -0.05) is 0 Å². The molecule has 2 aliphatic rings. The molecule has 3 N–H and O–H groups in total. The highest BCUT2D eigenvalue weighted by Gasteiger charge is 2.48. The Hall–Kier alpha value is -0.400. The molecule has 0 radical (unpaired) electrons. The Kier molecular flexibility index (Phi) is 5.03. The van der Waals surface area contributed by atoms with Crippen molar-refractivity contribution in [2.24, 2.45) is 11.7 Å². The normalized spacial score (nSPS) is 28.4. The first-order valence-corrected chi connectivity index (χ1v) is 8.91. The second-order valence-corrected chi connectivity index (χ2v) is 7.18. The minimum Gasteiger partial charge on any atom is -0.480 e. The third kappa shape index (κ3) is 3.38. The van der Waals surface area contributed by atoms with Crippen molar-refractivity contribution in [2.75, 3.05) is 17.8 Å². The number of nitrogens with two attached hydrogens (primary N) is 1. The molecule has 108 valence electrons. The summed E-state index contributed by atoms with van der Waals surface area (Å²) in [5, 5.41) is 9.28. The first kappa shape index (κ1) is 15.0. The summed E-state index contributed by atoms with van der Waals surface area (Å²) in [4.78, 5) is 25.3. The van der Waals surface area contributed by atoms with Gasteiger partial charge in [-0.3, -0.25) is 4.79 Å². The third-order valence-electron chi connectivity index (χ3n) is 3.55. The van der Waals surface area contributed by atoms with E-state index in [1.54, 1.807) is 28.4 Å². The fourth-order valence-corrected chi connectivity index (χ4v) is 4.43. The van der Waals surface area contributed by atoms with E-state index in [-0.39, 0.29) is 11.3 Å². The molecule has 7 heteroatoms. The molecule has 0 bridgehead atoms. The van der Waals surface area contributed by atoms with Crippen LogP contribution in [0.3, 0.4) is 0 Å². The van der Waals surface area contributed by atoms with Crippen LogP contribution in [0.5, 0.6) is 0 Å². The summed E-state index contributed by atoms with van der Waals surface area (Å²) in [6.45, 7) is 0. The molecular formula is C12H20N2O3S2. The van der Waals surface area contributed by atoms with E-state index in [1.165, 1.54) is 0 Å². The van der Waals surface area contributed by atoms with Crippen molar-refractivity contribution in [3.05, 3.63) is 0 Å². The van der Waals surface area contributed by atoms with E-state index in [2.05, 4.69) is 0 Å². The van der Waals surface area contributed by atoms with Gasteiger partial charge in [-0.2, -0.15) is 11.8 Å². The largest absolute Gasteiger partial charge is 0.480 e. The number of amides is 1. The van der Waals surface area contributed by atoms with E-state index in [0.29, 0.717) is 18.1 Å². The quantitative estimate of drug-likeness (QED) is 0.756. The van der Waals surface area contributed by atoms with Crippen molar-refractivity contribution >= 4 is 35.4 Å². The molecule has 1 heterocycles. The standard InChI is InChI=1S/C12H20N2O3S2/c1-18-5-4-8(13)10(15)14-9(12(16)17)6-19-11(14)7-2-3-7/h7-9,11H,2-6,13H2,1H3,(H,16,17)/t8-,9?,11?/m0/s1. The second-order valence-electron chi connectivity index (χ2n) is 5.05. The number of carbonyl (C=O) groups excluding carboxylic acids is 1. The highest BCUT2D eigenvalue weighted by Crippen LogP contribution is 2.45. The SMILES string of the molecule is CSCC[C@H](N)C(=O)N1C(C(=O)O)CSC1C1CC1. The van der Waals surface area contributed by atoms with Crippen molar-refractivity contribution in [1.82, 2.24) is 4.90 Å². The number of carbonyl (C=O) groups is 2. The number of carboxylic acids is 1. The van der Waals surface area contributed by atoms with Gasteiger partial charge in [0.1, 0.15) is 6.04 Å². The van der Waals surface area contributed by atoms with Crippen LogP contribution in [0, 0.1) is 5.92 Å². The third-order valence-corrected chi connectivity index (χ3v) is 5.66. The topological polar surface area (TPSA) is 83.6 Å². The molecule has 0 aromatic heterocycles. The van der Waals surface area contributed by atoms with E-state index in [9.17, 15) is 14.7 Å². The predicted molar refractivity (Wildman–Crippen MR) is 78.2 cm³/mol. The zero-order valence-corrected chi connectivity index (χ0v) is 12.6. The van der Waals surface area contributed by atoms with E-state index < -0.39 is 18.1 Å². The van der Waals surface area contributed by atoms with Gasteiger partial charge in [0.2, 0.25) is 5.91 Å². The van der Waals surface area contributed by atoms with Gasteiger partial charge in [0.25, 0.3) is 0 Å². The molecule has 1 aliphatic carbocycles. The average molecular weight is 304 g/mol. The molecule has 1 saturated heterocycles. The fraction of sp³-hybridized carbons (Fsp3) is 0.833.